The number of aromatic nitrogens is 1. The van der Waals surface area contributed by atoms with Crippen molar-refractivity contribution < 1.29 is 22.7 Å². The first kappa shape index (κ1) is 15.4. The molecule has 20 heavy (non-hydrogen) atoms. The Hall–Kier alpha value is -1.03. The van der Waals surface area contributed by atoms with Crippen molar-refractivity contribution in [3.8, 4) is 0 Å². The van der Waals surface area contributed by atoms with Gasteiger partial charge in [-0.05, 0) is 19.3 Å². The third kappa shape index (κ3) is 3.17. The van der Waals surface area contributed by atoms with Crippen LogP contribution in [-0.4, -0.2) is 45.7 Å². The summed E-state index contributed by atoms with van der Waals surface area (Å²) in [4.78, 5) is 15.2. The average molecular weight is 320 g/mol. The van der Waals surface area contributed by atoms with Crippen molar-refractivity contribution in [1.29, 1.82) is 0 Å². The van der Waals surface area contributed by atoms with E-state index in [9.17, 15) is 13.2 Å². The van der Waals surface area contributed by atoms with Crippen molar-refractivity contribution in [2.24, 2.45) is 0 Å². The van der Waals surface area contributed by atoms with Gasteiger partial charge in [0, 0.05) is 13.2 Å². The number of sulfonamides is 1. The smallest absolute Gasteiger partial charge is 0.358 e. The van der Waals surface area contributed by atoms with Crippen LogP contribution in [0.25, 0.3) is 0 Å². The van der Waals surface area contributed by atoms with Crippen LogP contribution < -0.4 is 4.72 Å². The third-order valence-corrected chi connectivity index (χ3v) is 6.09. The van der Waals surface area contributed by atoms with Gasteiger partial charge in [0.25, 0.3) is 10.0 Å². The molecule has 0 radical (unpaired) electrons. The number of nitrogens with one attached hydrogen (secondary N) is 1. The van der Waals surface area contributed by atoms with E-state index < -0.39 is 16.0 Å². The van der Waals surface area contributed by atoms with Gasteiger partial charge in [-0.3, -0.25) is 0 Å². The highest BCUT2D eigenvalue weighted by Crippen LogP contribution is 2.26. The van der Waals surface area contributed by atoms with E-state index in [1.165, 1.54) is 12.6 Å². The molecule has 0 amide bonds. The van der Waals surface area contributed by atoms with Gasteiger partial charge in [-0.15, -0.1) is 11.3 Å². The van der Waals surface area contributed by atoms with E-state index in [4.69, 9.17) is 4.74 Å². The molecule has 9 heteroatoms. The lowest BCUT2D eigenvalue weighted by molar-refractivity contribution is 0.0590. The predicted octanol–water partition coefficient (Wildman–Crippen LogP) is 0.775. The molecule has 2 atom stereocenters. The van der Waals surface area contributed by atoms with Crippen molar-refractivity contribution in [2.45, 2.75) is 35.6 Å². The van der Waals surface area contributed by atoms with Gasteiger partial charge in [0.2, 0.25) is 0 Å². The highest BCUT2D eigenvalue weighted by Gasteiger charge is 2.32. The van der Waals surface area contributed by atoms with Crippen molar-refractivity contribution in [3.05, 3.63) is 11.2 Å². The second-order valence-corrected chi connectivity index (χ2v) is 7.23. The molecule has 0 aliphatic heterocycles. The lowest BCUT2D eigenvalue weighted by Gasteiger charge is -2.12. The second-order valence-electron chi connectivity index (χ2n) is 4.47. The van der Waals surface area contributed by atoms with E-state index in [1.807, 2.05) is 0 Å². The maximum Gasteiger partial charge on any atom is 0.358 e. The van der Waals surface area contributed by atoms with Crippen LogP contribution in [0.15, 0.2) is 9.72 Å². The van der Waals surface area contributed by atoms with Crippen LogP contribution in [-0.2, 0) is 19.5 Å². The molecule has 0 saturated heterocycles. The minimum absolute atomic E-state index is 0.0734. The largest absolute Gasteiger partial charge is 0.464 e. The molecule has 1 aliphatic carbocycles. The molecule has 1 heterocycles. The summed E-state index contributed by atoms with van der Waals surface area (Å²) in [5.74, 6) is -0.757. The molecular weight excluding hydrogens is 304 g/mol. The van der Waals surface area contributed by atoms with Gasteiger partial charge >= 0.3 is 5.97 Å². The summed E-state index contributed by atoms with van der Waals surface area (Å²) in [5, 5.41) is 0. The van der Waals surface area contributed by atoms with Gasteiger partial charge in [0.05, 0.1) is 18.7 Å². The van der Waals surface area contributed by atoms with Crippen LogP contribution in [0.4, 0.5) is 0 Å². The van der Waals surface area contributed by atoms with Crippen molar-refractivity contribution in [1.82, 2.24) is 9.71 Å². The fourth-order valence-electron chi connectivity index (χ4n) is 2.19. The molecule has 1 aromatic rings. The number of methoxy groups -OCH3 is 2. The number of hydrogen-bond acceptors (Lipinski definition) is 7. The quantitative estimate of drug-likeness (QED) is 0.806. The summed E-state index contributed by atoms with van der Waals surface area (Å²) in [5.41, 5.74) is 1.14. The Labute approximate surface area is 121 Å². The van der Waals surface area contributed by atoms with Crippen LogP contribution in [0.3, 0.4) is 0 Å². The Morgan fingerprint density at radius 1 is 1.45 bits per heavy atom. The first-order valence-electron chi connectivity index (χ1n) is 6.05. The summed E-state index contributed by atoms with van der Waals surface area (Å²) in [6.07, 6.45) is 2.23. The molecule has 112 valence electrons. The molecule has 0 spiro atoms. The van der Waals surface area contributed by atoms with Crippen molar-refractivity contribution in [3.63, 3.8) is 0 Å². The lowest BCUT2D eigenvalue weighted by atomic mass is 10.3. The van der Waals surface area contributed by atoms with Crippen molar-refractivity contribution in [2.75, 3.05) is 14.2 Å². The van der Waals surface area contributed by atoms with E-state index in [2.05, 4.69) is 14.4 Å². The van der Waals surface area contributed by atoms with Gasteiger partial charge in [0.1, 0.15) is 0 Å². The molecule has 1 fully saturated rings. The number of ether oxygens (including phenoxy) is 2. The zero-order chi connectivity index (χ0) is 14.8. The third-order valence-electron chi connectivity index (χ3n) is 3.20. The van der Waals surface area contributed by atoms with Crippen LogP contribution >= 0.6 is 11.3 Å². The second kappa shape index (κ2) is 6.17. The molecule has 7 nitrogen and oxygen atoms in total. The molecular formula is C11H16N2O5S2. The van der Waals surface area contributed by atoms with E-state index in [-0.39, 0.29) is 22.0 Å². The van der Waals surface area contributed by atoms with E-state index in [0.29, 0.717) is 12.8 Å². The number of thiazole rings is 1. The number of nitrogens with zero attached hydrogens (tertiary/aromatic N) is 1. The monoisotopic (exact) mass is 320 g/mol. The lowest BCUT2D eigenvalue weighted by Crippen LogP contribution is -2.33. The molecule has 2 rings (SSSR count). The summed E-state index contributed by atoms with van der Waals surface area (Å²) < 4.78 is 36.8. The highest BCUT2D eigenvalue weighted by atomic mass is 32.2. The topological polar surface area (TPSA) is 94.6 Å². The Morgan fingerprint density at radius 3 is 2.80 bits per heavy atom. The van der Waals surface area contributed by atoms with E-state index in [1.54, 1.807) is 7.11 Å². The molecule has 0 aromatic carbocycles. The summed E-state index contributed by atoms with van der Waals surface area (Å²) in [6.45, 7) is 0. The van der Waals surface area contributed by atoms with E-state index in [0.717, 1.165) is 17.8 Å². The fourth-order valence-corrected chi connectivity index (χ4v) is 4.63. The Bertz CT molecular complexity index is 583. The Morgan fingerprint density at radius 2 is 2.20 bits per heavy atom. The molecule has 1 aromatic heterocycles. The fraction of sp³-hybridized carbons (Fsp3) is 0.636. The maximum atomic E-state index is 12.3. The average Bonchev–Trinajstić information content (AvgIpc) is 3.05. The summed E-state index contributed by atoms with van der Waals surface area (Å²) in [6, 6.07) is -0.183. The maximum absolute atomic E-state index is 12.3. The Balaban J connectivity index is 2.15. The minimum Gasteiger partial charge on any atom is -0.464 e. The van der Waals surface area contributed by atoms with Crippen molar-refractivity contribution >= 4 is 27.3 Å². The standard InChI is InChI=1S/C11H16N2O5S2/c1-17-8-4-3-7(5-8)13-20(15,16)11-9(10(14)18-2)12-6-19-11/h6-8,13H,3-5H2,1-2H3. The highest BCUT2D eigenvalue weighted by molar-refractivity contribution is 7.91. The Kier molecular flexibility index (Phi) is 4.74. The normalized spacial score (nSPS) is 22.9. The van der Waals surface area contributed by atoms with Gasteiger partial charge in [-0.2, -0.15) is 0 Å². The zero-order valence-corrected chi connectivity index (χ0v) is 12.8. The zero-order valence-electron chi connectivity index (χ0n) is 11.2. The molecule has 2 unspecified atom stereocenters. The minimum atomic E-state index is -3.77. The number of rotatable bonds is 5. The van der Waals surface area contributed by atoms with Crippen LogP contribution in [0.5, 0.6) is 0 Å². The molecule has 1 saturated carbocycles. The number of hydrogen-bond donors (Lipinski definition) is 1. The van der Waals surface area contributed by atoms with E-state index >= 15 is 0 Å². The van der Waals surface area contributed by atoms with Crippen LogP contribution in [0, 0.1) is 0 Å². The summed E-state index contributed by atoms with van der Waals surface area (Å²) >= 11 is 0.896. The predicted molar refractivity (Wildman–Crippen MR) is 72.2 cm³/mol. The SMILES string of the molecule is COC(=O)c1ncsc1S(=O)(=O)NC1CCC(OC)C1. The van der Waals surface area contributed by atoms with Gasteiger partial charge < -0.3 is 9.47 Å². The number of esters is 1. The van der Waals surface area contributed by atoms with Crippen LogP contribution in [0.1, 0.15) is 29.8 Å². The van der Waals surface area contributed by atoms with Gasteiger partial charge in [-0.25, -0.2) is 22.9 Å². The first-order valence-corrected chi connectivity index (χ1v) is 8.41. The van der Waals surface area contributed by atoms with Gasteiger partial charge in [-0.1, -0.05) is 0 Å². The number of carbonyl (C=O) groups is 1. The summed E-state index contributed by atoms with van der Waals surface area (Å²) in [7, 11) is -0.971. The van der Waals surface area contributed by atoms with Gasteiger partial charge in [0.15, 0.2) is 9.90 Å². The van der Waals surface area contributed by atoms with Crippen LogP contribution in [0.2, 0.25) is 0 Å². The molecule has 1 N–H and O–H groups in total. The first-order chi connectivity index (χ1) is 9.47. The molecule has 1 aliphatic rings. The number of carbonyl (C=O) groups excluding carboxylic acids is 1. The molecule has 0 bridgehead atoms.